The van der Waals surface area contributed by atoms with E-state index in [1.165, 1.54) is 0 Å². The van der Waals surface area contributed by atoms with Crippen LogP contribution in [0, 0.1) is 0 Å². The summed E-state index contributed by atoms with van der Waals surface area (Å²) in [7, 11) is 1.65. The summed E-state index contributed by atoms with van der Waals surface area (Å²) in [5, 5.41) is 3.93. The van der Waals surface area contributed by atoms with E-state index in [1.54, 1.807) is 19.4 Å². The minimum atomic E-state index is -0.107. The van der Waals surface area contributed by atoms with Gasteiger partial charge in [-0.05, 0) is 56.5 Å². The Morgan fingerprint density at radius 3 is 2.73 bits per heavy atom. The molecule has 0 spiro atoms. The summed E-state index contributed by atoms with van der Waals surface area (Å²) in [6.07, 6.45) is 4.25. The number of carbonyl (C=O) groups excluding carboxylic acids is 1. The van der Waals surface area contributed by atoms with Gasteiger partial charge in [0, 0.05) is 34.7 Å². The summed E-state index contributed by atoms with van der Waals surface area (Å²) < 4.78 is 17.0. The molecule has 2 aromatic carbocycles. The zero-order chi connectivity index (χ0) is 21.7. The molecule has 3 rings (SSSR count). The van der Waals surface area contributed by atoms with E-state index in [0.717, 1.165) is 45.4 Å². The van der Waals surface area contributed by atoms with Crippen molar-refractivity contribution < 1.29 is 18.7 Å². The highest BCUT2D eigenvalue weighted by Crippen LogP contribution is 2.38. The van der Waals surface area contributed by atoms with Crippen molar-refractivity contribution in [3.63, 3.8) is 0 Å². The third-order valence-corrected chi connectivity index (χ3v) is 5.13. The number of allylic oxidation sites excluding steroid dienone is 1. The molecule has 3 aromatic rings. The largest absolute Gasteiger partial charge is 0.497 e. The molecule has 1 amide bonds. The highest BCUT2D eigenvalue weighted by molar-refractivity contribution is 6.00. The summed E-state index contributed by atoms with van der Waals surface area (Å²) in [6, 6.07) is 11.9. The standard InChI is InChI=1S/C25H29NO4/c1-6-17(4)26-25(27)11-16(3)20-13-21-22(18-9-8-10-19(12-18)28-5)15-30-24(21)14-23(20)29-7-2/h8-15,17H,6-7H2,1-5H3,(H,26,27)/b16-11+. The van der Waals surface area contributed by atoms with Crippen molar-refractivity contribution in [1.29, 1.82) is 0 Å². The first kappa shape index (κ1) is 21.5. The van der Waals surface area contributed by atoms with Gasteiger partial charge < -0.3 is 19.2 Å². The highest BCUT2D eigenvalue weighted by atomic mass is 16.5. The summed E-state index contributed by atoms with van der Waals surface area (Å²) >= 11 is 0. The Labute approximate surface area is 177 Å². The first-order valence-corrected chi connectivity index (χ1v) is 10.3. The van der Waals surface area contributed by atoms with Gasteiger partial charge >= 0.3 is 0 Å². The molecule has 1 heterocycles. The molecule has 0 fully saturated rings. The molecule has 1 aromatic heterocycles. The molecule has 158 valence electrons. The lowest BCUT2D eigenvalue weighted by Crippen LogP contribution is -2.30. The first-order valence-electron chi connectivity index (χ1n) is 10.3. The van der Waals surface area contributed by atoms with Crippen LogP contribution in [0.5, 0.6) is 11.5 Å². The molecule has 0 aliphatic rings. The average molecular weight is 408 g/mol. The summed E-state index contributed by atoms with van der Waals surface area (Å²) in [4.78, 5) is 12.4. The summed E-state index contributed by atoms with van der Waals surface area (Å²) in [5.74, 6) is 1.37. The van der Waals surface area contributed by atoms with Crippen LogP contribution in [-0.4, -0.2) is 25.7 Å². The van der Waals surface area contributed by atoms with Crippen molar-refractivity contribution in [2.45, 2.75) is 40.2 Å². The molecule has 1 N–H and O–H groups in total. The molecule has 0 radical (unpaired) electrons. The Morgan fingerprint density at radius 2 is 2.03 bits per heavy atom. The van der Waals surface area contributed by atoms with E-state index in [0.29, 0.717) is 12.4 Å². The number of methoxy groups -OCH3 is 1. The predicted molar refractivity (Wildman–Crippen MR) is 121 cm³/mol. The van der Waals surface area contributed by atoms with E-state index in [4.69, 9.17) is 13.9 Å². The van der Waals surface area contributed by atoms with Crippen LogP contribution in [0.15, 0.2) is 53.2 Å². The van der Waals surface area contributed by atoms with E-state index >= 15 is 0 Å². The highest BCUT2D eigenvalue weighted by Gasteiger charge is 2.16. The quantitative estimate of drug-likeness (QED) is 0.478. The third kappa shape index (κ3) is 4.67. The molecule has 5 nitrogen and oxygen atoms in total. The SMILES string of the molecule is CCOc1cc2occ(-c3cccc(OC)c3)c2cc1/C(C)=C/C(=O)NC(C)CC. The Kier molecular flexibility index (Phi) is 6.83. The summed E-state index contributed by atoms with van der Waals surface area (Å²) in [6.45, 7) is 8.41. The van der Waals surface area contributed by atoms with Gasteiger partial charge in [-0.25, -0.2) is 0 Å². The second-order valence-electron chi connectivity index (χ2n) is 7.30. The Hall–Kier alpha value is -3.21. The number of hydrogen-bond donors (Lipinski definition) is 1. The van der Waals surface area contributed by atoms with Gasteiger partial charge in [-0.3, -0.25) is 4.79 Å². The molecular formula is C25H29NO4. The fraction of sp³-hybridized carbons (Fsp3) is 0.320. The van der Waals surface area contributed by atoms with Gasteiger partial charge in [-0.15, -0.1) is 0 Å². The molecule has 0 aliphatic heterocycles. The number of amides is 1. The van der Waals surface area contributed by atoms with Crippen LogP contribution in [0.2, 0.25) is 0 Å². The van der Waals surface area contributed by atoms with Gasteiger partial charge in [0.05, 0.1) is 20.0 Å². The van der Waals surface area contributed by atoms with E-state index in [9.17, 15) is 4.79 Å². The van der Waals surface area contributed by atoms with Crippen LogP contribution in [0.3, 0.4) is 0 Å². The fourth-order valence-electron chi connectivity index (χ4n) is 3.31. The van der Waals surface area contributed by atoms with Crippen molar-refractivity contribution in [3.05, 3.63) is 54.3 Å². The fourth-order valence-corrected chi connectivity index (χ4v) is 3.31. The van der Waals surface area contributed by atoms with Gasteiger partial charge in [0.15, 0.2) is 0 Å². The molecule has 1 atom stereocenters. The number of fused-ring (bicyclic) bond motifs is 1. The number of rotatable bonds is 8. The Bertz CT molecular complexity index is 1060. The maximum absolute atomic E-state index is 12.4. The van der Waals surface area contributed by atoms with Crippen LogP contribution >= 0.6 is 0 Å². The lowest BCUT2D eigenvalue weighted by atomic mass is 9.99. The smallest absolute Gasteiger partial charge is 0.244 e. The lowest BCUT2D eigenvalue weighted by molar-refractivity contribution is -0.117. The topological polar surface area (TPSA) is 60.7 Å². The van der Waals surface area contributed by atoms with Crippen molar-refractivity contribution in [2.24, 2.45) is 0 Å². The monoisotopic (exact) mass is 407 g/mol. The molecule has 0 saturated heterocycles. The van der Waals surface area contributed by atoms with Crippen LogP contribution in [-0.2, 0) is 4.79 Å². The summed E-state index contributed by atoms with van der Waals surface area (Å²) in [5.41, 5.74) is 4.40. The normalized spacial score (nSPS) is 12.6. The molecule has 0 bridgehead atoms. The third-order valence-electron chi connectivity index (χ3n) is 5.13. The van der Waals surface area contributed by atoms with E-state index in [1.807, 2.05) is 64.1 Å². The van der Waals surface area contributed by atoms with E-state index in [-0.39, 0.29) is 11.9 Å². The average Bonchev–Trinajstić information content (AvgIpc) is 3.16. The maximum Gasteiger partial charge on any atom is 0.244 e. The van der Waals surface area contributed by atoms with Crippen molar-refractivity contribution >= 4 is 22.4 Å². The molecule has 1 unspecified atom stereocenters. The van der Waals surface area contributed by atoms with Crippen molar-refractivity contribution in [2.75, 3.05) is 13.7 Å². The maximum atomic E-state index is 12.4. The van der Waals surface area contributed by atoms with Gasteiger partial charge in [0.1, 0.15) is 17.1 Å². The molecular weight excluding hydrogens is 378 g/mol. The van der Waals surface area contributed by atoms with Gasteiger partial charge in [-0.2, -0.15) is 0 Å². The van der Waals surface area contributed by atoms with Gasteiger partial charge in [0.25, 0.3) is 0 Å². The van der Waals surface area contributed by atoms with E-state index < -0.39 is 0 Å². The first-order chi connectivity index (χ1) is 14.5. The molecule has 0 aliphatic carbocycles. The van der Waals surface area contributed by atoms with Crippen molar-refractivity contribution in [1.82, 2.24) is 5.32 Å². The number of nitrogens with one attached hydrogen (secondary N) is 1. The number of ether oxygens (including phenoxy) is 2. The zero-order valence-electron chi connectivity index (χ0n) is 18.2. The van der Waals surface area contributed by atoms with Crippen LogP contribution in [0.25, 0.3) is 27.7 Å². The van der Waals surface area contributed by atoms with Crippen LogP contribution in [0.1, 0.15) is 39.7 Å². The van der Waals surface area contributed by atoms with Gasteiger partial charge in [0.2, 0.25) is 5.91 Å². The Morgan fingerprint density at radius 1 is 1.23 bits per heavy atom. The lowest BCUT2D eigenvalue weighted by Gasteiger charge is -2.13. The second-order valence-corrected chi connectivity index (χ2v) is 7.30. The van der Waals surface area contributed by atoms with Gasteiger partial charge in [-0.1, -0.05) is 19.1 Å². The second kappa shape index (κ2) is 9.53. The minimum Gasteiger partial charge on any atom is -0.497 e. The minimum absolute atomic E-state index is 0.107. The Balaban J connectivity index is 2.08. The molecule has 30 heavy (non-hydrogen) atoms. The predicted octanol–water partition coefficient (Wildman–Crippen LogP) is 5.83. The number of carbonyl (C=O) groups is 1. The molecule has 0 saturated carbocycles. The van der Waals surface area contributed by atoms with E-state index in [2.05, 4.69) is 5.32 Å². The van der Waals surface area contributed by atoms with Crippen molar-refractivity contribution in [3.8, 4) is 22.6 Å². The van der Waals surface area contributed by atoms with Crippen LogP contribution in [0.4, 0.5) is 0 Å². The molecule has 5 heteroatoms. The number of hydrogen-bond acceptors (Lipinski definition) is 4. The number of benzene rings is 2. The number of furan rings is 1. The van der Waals surface area contributed by atoms with Crippen LogP contribution < -0.4 is 14.8 Å². The zero-order valence-corrected chi connectivity index (χ0v) is 18.2.